The van der Waals surface area contributed by atoms with Crippen molar-refractivity contribution in [3.05, 3.63) is 29.8 Å². The molecule has 2 N–H and O–H groups in total. The van der Waals surface area contributed by atoms with Gasteiger partial charge in [0.1, 0.15) is 12.4 Å². The average Bonchev–Trinajstić information content (AvgIpc) is 2.46. The van der Waals surface area contributed by atoms with Crippen molar-refractivity contribution in [2.45, 2.75) is 26.3 Å². The molecule has 0 aliphatic heterocycles. The Morgan fingerprint density at radius 2 is 2.14 bits per heavy atom. The zero-order valence-electron chi connectivity index (χ0n) is 12.8. The van der Waals surface area contributed by atoms with E-state index >= 15 is 0 Å². The number of benzene rings is 1. The van der Waals surface area contributed by atoms with Crippen molar-refractivity contribution in [2.75, 3.05) is 26.4 Å². The number of ether oxygens (including phenoxy) is 2. The summed E-state index contributed by atoms with van der Waals surface area (Å²) in [6.07, 6.45) is 0.729. The summed E-state index contributed by atoms with van der Waals surface area (Å²) in [5.41, 5.74) is 0. The Hall–Kier alpha value is -1.89. The summed E-state index contributed by atoms with van der Waals surface area (Å²) in [6.45, 7) is 5.47. The van der Waals surface area contributed by atoms with Gasteiger partial charge in [-0.2, -0.15) is 0 Å². The van der Waals surface area contributed by atoms with Gasteiger partial charge in [-0.3, -0.25) is 0 Å². The van der Waals surface area contributed by atoms with Gasteiger partial charge in [-0.1, -0.05) is 0 Å². The number of carbonyl (C=O) groups excluding carboxylic acids is 1. The number of nitrogens with one attached hydrogen (secondary N) is 2. The minimum atomic E-state index is -0.771. The number of hydrogen-bond acceptors (Lipinski definition) is 3. The average molecular weight is 316 g/mol. The molecule has 0 aromatic heterocycles. The molecule has 7 heteroatoms. The van der Waals surface area contributed by atoms with E-state index in [4.69, 9.17) is 9.47 Å². The van der Waals surface area contributed by atoms with Crippen LogP contribution in [-0.4, -0.2) is 38.4 Å². The maximum atomic E-state index is 13.4. The summed E-state index contributed by atoms with van der Waals surface area (Å²) in [6, 6.07) is 2.43. The quantitative estimate of drug-likeness (QED) is 0.688. The lowest BCUT2D eigenvalue weighted by molar-refractivity contribution is 0.145. The summed E-state index contributed by atoms with van der Waals surface area (Å²) < 4.78 is 36.5. The van der Waals surface area contributed by atoms with E-state index in [1.54, 1.807) is 6.92 Å². The van der Waals surface area contributed by atoms with Gasteiger partial charge in [0, 0.05) is 25.8 Å². The first kappa shape index (κ1) is 18.2. The van der Waals surface area contributed by atoms with Crippen LogP contribution in [-0.2, 0) is 4.74 Å². The molecule has 2 amide bonds. The van der Waals surface area contributed by atoms with Crippen molar-refractivity contribution < 1.29 is 23.0 Å². The lowest BCUT2D eigenvalue weighted by atomic mass is 10.3. The largest absolute Gasteiger partial charge is 0.488 e. The number of rotatable bonds is 9. The molecule has 1 aromatic rings. The number of urea groups is 1. The molecule has 5 nitrogen and oxygen atoms in total. The fraction of sp³-hybridized carbons (Fsp3) is 0.533. The summed E-state index contributed by atoms with van der Waals surface area (Å²) in [5.74, 6) is -1.48. The first-order valence-corrected chi connectivity index (χ1v) is 7.23. The Balaban J connectivity index is 2.22. The van der Waals surface area contributed by atoms with Gasteiger partial charge in [0.25, 0.3) is 0 Å². The normalized spacial score (nSPS) is 11.8. The summed E-state index contributed by atoms with van der Waals surface area (Å²) in [5, 5.41) is 5.34. The predicted octanol–water partition coefficient (Wildman–Crippen LogP) is 2.46. The number of hydrogen-bond donors (Lipinski definition) is 2. The van der Waals surface area contributed by atoms with Crippen LogP contribution in [0.25, 0.3) is 0 Å². The van der Waals surface area contributed by atoms with Gasteiger partial charge >= 0.3 is 6.03 Å². The van der Waals surface area contributed by atoms with E-state index in [9.17, 15) is 13.6 Å². The molecule has 1 rings (SSSR count). The maximum Gasteiger partial charge on any atom is 0.315 e. The van der Waals surface area contributed by atoms with Crippen molar-refractivity contribution in [1.29, 1.82) is 0 Å². The van der Waals surface area contributed by atoms with Crippen molar-refractivity contribution in [2.24, 2.45) is 0 Å². The molecule has 0 saturated heterocycles. The van der Waals surface area contributed by atoms with E-state index in [0.717, 1.165) is 18.6 Å². The van der Waals surface area contributed by atoms with Crippen molar-refractivity contribution in [3.63, 3.8) is 0 Å². The molecule has 0 aliphatic carbocycles. The molecular formula is C15H22F2N2O3. The van der Waals surface area contributed by atoms with Crippen LogP contribution < -0.4 is 15.4 Å². The zero-order chi connectivity index (χ0) is 16.4. The molecule has 0 radical (unpaired) electrons. The van der Waals surface area contributed by atoms with Gasteiger partial charge in [0.2, 0.25) is 0 Å². The second-order valence-electron chi connectivity index (χ2n) is 4.74. The lowest BCUT2D eigenvalue weighted by Crippen LogP contribution is -2.43. The first-order chi connectivity index (χ1) is 10.5. The van der Waals surface area contributed by atoms with Gasteiger partial charge in [0.15, 0.2) is 11.6 Å². The van der Waals surface area contributed by atoms with Crippen LogP contribution in [0.3, 0.4) is 0 Å². The highest BCUT2D eigenvalue weighted by Crippen LogP contribution is 2.17. The molecular weight excluding hydrogens is 294 g/mol. The third-order valence-electron chi connectivity index (χ3n) is 2.72. The molecule has 0 bridgehead atoms. The lowest BCUT2D eigenvalue weighted by Gasteiger charge is -2.16. The van der Waals surface area contributed by atoms with E-state index in [1.807, 2.05) is 6.92 Å². The second-order valence-corrected chi connectivity index (χ2v) is 4.74. The molecule has 0 fully saturated rings. The third-order valence-corrected chi connectivity index (χ3v) is 2.72. The van der Waals surface area contributed by atoms with Crippen LogP contribution in [0.15, 0.2) is 18.2 Å². The van der Waals surface area contributed by atoms with Crippen molar-refractivity contribution in [3.8, 4) is 5.75 Å². The van der Waals surface area contributed by atoms with E-state index in [0.29, 0.717) is 19.8 Å². The van der Waals surface area contributed by atoms with Crippen LogP contribution in [0.5, 0.6) is 5.75 Å². The predicted molar refractivity (Wildman–Crippen MR) is 79.0 cm³/mol. The fourth-order valence-corrected chi connectivity index (χ4v) is 1.64. The Bertz CT molecular complexity index is 472. The summed E-state index contributed by atoms with van der Waals surface area (Å²) in [7, 11) is 0. The highest BCUT2D eigenvalue weighted by atomic mass is 19.1. The number of carbonyl (C=O) groups is 1. The smallest absolute Gasteiger partial charge is 0.315 e. The third kappa shape index (κ3) is 7.21. The van der Waals surface area contributed by atoms with Gasteiger partial charge in [0.05, 0.1) is 6.04 Å². The van der Waals surface area contributed by atoms with Gasteiger partial charge in [-0.05, 0) is 32.4 Å². The Labute approximate surface area is 129 Å². The fourth-order valence-electron chi connectivity index (χ4n) is 1.64. The summed E-state index contributed by atoms with van der Waals surface area (Å²) >= 11 is 0. The van der Waals surface area contributed by atoms with Crippen LogP contribution >= 0.6 is 0 Å². The van der Waals surface area contributed by atoms with Crippen LogP contribution in [0, 0.1) is 11.6 Å². The molecule has 0 aliphatic rings. The molecule has 22 heavy (non-hydrogen) atoms. The van der Waals surface area contributed by atoms with E-state index in [1.165, 1.54) is 6.07 Å². The molecule has 0 saturated carbocycles. The standard InChI is InChI=1S/C15H22F2N2O3/c1-3-21-8-4-7-18-15(20)19-11(2)10-22-14-6-5-12(16)9-13(14)17/h5-6,9,11H,3-4,7-8,10H2,1-2H3,(H2,18,19,20)/t11-/m1/s1. The number of halogens is 2. The Morgan fingerprint density at radius 3 is 2.82 bits per heavy atom. The SMILES string of the molecule is CCOCCCNC(=O)N[C@H](C)COc1ccc(F)cc1F. The van der Waals surface area contributed by atoms with Crippen LogP contribution in [0.4, 0.5) is 13.6 Å². The molecule has 1 atom stereocenters. The highest BCUT2D eigenvalue weighted by Gasteiger charge is 2.10. The van der Waals surface area contributed by atoms with E-state index in [2.05, 4.69) is 10.6 Å². The van der Waals surface area contributed by atoms with Crippen LogP contribution in [0.2, 0.25) is 0 Å². The van der Waals surface area contributed by atoms with Gasteiger partial charge in [-0.15, -0.1) is 0 Å². The zero-order valence-corrected chi connectivity index (χ0v) is 12.8. The number of amides is 2. The van der Waals surface area contributed by atoms with Gasteiger partial charge in [-0.25, -0.2) is 13.6 Å². The summed E-state index contributed by atoms with van der Waals surface area (Å²) in [4.78, 5) is 11.6. The molecule has 0 unspecified atom stereocenters. The van der Waals surface area contributed by atoms with Crippen LogP contribution in [0.1, 0.15) is 20.3 Å². The second kappa shape index (κ2) is 9.94. The maximum absolute atomic E-state index is 13.4. The van der Waals surface area contributed by atoms with Crippen molar-refractivity contribution >= 4 is 6.03 Å². The highest BCUT2D eigenvalue weighted by molar-refractivity contribution is 5.74. The monoisotopic (exact) mass is 316 g/mol. The minimum absolute atomic E-state index is 0.0489. The van der Waals surface area contributed by atoms with E-state index in [-0.39, 0.29) is 24.4 Å². The van der Waals surface area contributed by atoms with E-state index < -0.39 is 11.6 Å². The Morgan fingerprint density at radius 1 is 1.36 bits per heavy atom. The molecule has 0 spiro atoms. The first-order valence-electron chi connectivity index (χ1n) is 7.23. The molecule has 1 aromatic carbocycles. The topological polar surface area (TPSA) is 59.6 Å². The molecule has 124 valence electrons. The van der Waals surface area contributed by atoms with Gasteiger partial charge < -0.3 is 20.1 Å². The minimum Gasteiger partial charge on any atom is -0.488 e. The molecule has 0 heterocycles. The van der Waals surface area contributed by atoms with Crippen molar-refractivity contribution in [1.82, 2.24) is 10.6 Å². The Kier molecular flexibility index (Phi) is 8.21.